The van der Waals surface area contributed by atoms with E-state index in [2.05, 4.69) is 44.1 Å². The van der Waals surface area contributed by atoms with Crippen LogP contribution in [-0.4, -0.2) is 17.9 Å². The molecule has 0 unspecified atom stereocenters. The molecule has 1 heterocycles. The second-order valence-electron chi connectivity index (χ2n) is 5.91. The van der Waals surface area contributed by atoms with Crippen LogP contribution in [-0.2, 0) is 11.8 Å². The molecule has 19 heavy (non-hydrogen) atoms. The maximum absolute atomic E-state index is 10.1. The molecule has 0 atom stereocenters. The number of nitrogens with zero attached hydrogens (tertiary/aromatic N) is 1. The van der Waals surface area contributed by atoms with E-state index >= 15 is 0 Å². The zero-order valence-corrected chi connectivity index (χ0v) is 11.7. The fourth-order valence-corrected chi connectivity index (χ4v) is 3.20. The molecule has 2 aromatic rings. The maximum Gasteiger partial charge on any atom is 0.123 e. The van der Waals surface area contributed by atoms with Crippen LogP contribution in [0.3, 0.4) is 0 Å². The largest absolute Gasteiger partial charge is 0.507 e. The summed E-state index contributed by atoms with van der Waals surface area (Å²) < 4.78 is 0. The highest BCUT2D eigenvalue weighted by atomic mass is 16.3. The van der Waals surface area contributed by atoms with E-state index in [0.29, 0.717) is 5.75 Å². The minimum atomic E-state index is -0.105. The van der Waals surface area contributed by atoms with Crippen LogP contribution < -0.4 is 0 Å². The third-order valence-electron chi connectivity index (χ3n) is 4.10. The summed E-state index contributed by atoms with van der Waals surface area (Å²) in [6.45, 7) is 7.40. The van der Waals surface area contributed by atoms with Crippen LogP contribution in [0.15, 0.2) is 29.3 Å². The Labute approximate surface area is 113 Å². The number of aromatic hydroxyl groups is 1. The van der Waals surface area contributed by atoms with Gasteiger partial charge in [-0.25, -0.2) is 0 Å². The number of fused-ring (bicyclic) bond motifs is 4. The van der Waals surface area contributed by atoms with Crippen LogP contribution in [0.4, 0.5) is 0 Å². The normalized spacial score (nSPS) is 18.9. The lowest BCUT2D eigenvalue weighted by Crippen LogP contribution is -2.23. The fourth-order valence-electron chi connectivity index (χ4n) is 3.20. The first-order valence-electron chi connectivity index (χ1n) is 6.76. The lowest BCUT2D eigenvalue weighted by molar-refractivity contribution is 0.481. The van der Waals surface area contributed by atoms with E-state index in [1.165, 1.54) is 16.7 Å². The number of hydrogen-bond donors (Lipinski definition) is 1. The smallest absolute Gasteiger partial charge is 0.123 e. The summed E-state index contributed by atoms with van der Waals surface area (Å²) in [6.07, 6.45) is 3.00. The van der Waals surface area contributed by atoms with Crippen LogP contribution in [0.2, 0.25) is 0 Å². The van der Waals surface area contributed by atoms with Gasteiger partial charge in [0.15, 0.2) is 0 Å². The van der Waals surface area contributed by atoms with Crippen molar-refractivity contribution >= 4 is 17.0 Å². The van der Waals surface area contributed by atoms with Crippen molar-refractivity contribution in [3.8, 4) is 5.75 Å². The zero-order chi connectivity index (χ0) is 13.6. The van der Waals surface area contributed by atoms with E-state index in [-0.39, 0.29) is 5.41 Å². The first kappa shape index (κ1) is 12.2. The minimum absolute atomic E-state index is 0.105. The number of hydrogen-bond acceptors (Lipinski definition) is 2. The van der Waals surface area contributed by atoms with Crippen molar-refractivity contribution in [2.45, 2.75) is 32.6 Å². The number of phenols is 1. The van der Waals surface area contributed by atoms with Gasteiger partial charge in [-0.2, -0.15) is 0 Å². The molecule has 0 amide bonds. The van der Waals surface area contributed by atoms with Gasteiger partial charge in [0.1, 0.15) is 5.75 Å². The van der Waals surface area contributed by atoms with Crippen molar-refractivity contribution < 1.29 is 5.11 Å². The summed E-state index contributed by atoms with van der Waals surface area (Å²) >= 11 is 0. The van der Waals surface area contributed by atoms with Crippen LogP contribution in [0.1, 0.15) is 30.5 Å². The molecule has 3 rings (SSSR count). The van der Waals surface area contributed by atoms with E-state index in [1.807, 2.05) is 6.07 Å². The van der Waals surface area contributed by atoms with Gasteiger partial charge in [-0.15, -0.1) is 0 Å². The molecule has 98 valence electrons. The molecule has 0 radical (unpaired) electrons. The average Bonchev–Trinajstić information content (AvgIpc) is 2.35. The van der Waals surface area contributed by atoms with Gasteiger partial charge in [0.05, 0.1) is 0 Å². The lowest BCUT2D eigenvalue weighted by atomic mass is 9.77. The third kappa shape index (κ3) is 1.83. The Morgan fingerprint density at radius 2 is 2.00 bits per heavy atom. The molecule has 0 aliphatic carbocycles. The summed E-state index contributed by atoms with van der Waals surface area (Å²) in [7, 11) is 0. The average molecular weight is 253 g/mol. The van der Waals surface area contributed by atoms with E-state index in [4.69, 9.17) is 0 Å². The van der Waals surface area contributed by atoms with Gasteiger partial charge >= 0.3 is 0 Å². The molecule has 1 N–H and O–H groups in total. The molecular weight excluding hydrogens is 234 g/mol. The topological polar surface area (TPSA) is 32.6 Å². The van der Waals surface area contributed by atoms with Gasteiger partial charge in [0.25, 0.3) is 0 Å². The van der Waals surface area contributed by atoms with Crippen LogP contribution >= 0.6 is 0 Å². The van der Waals surface area contributed by atoms with Crippen LogP contribution in [0.25, 0.3) is 10.8 Å². The number of aliphatic imine (C=N–C) groups is 1. The van der Waals surface area contributed by atoms with Gasteiger partial charge < -0.3 is 5.11 Å². The Morgan fingerprint density at radius 1 is 1.21 bits per heavy atom. The summed E-state index contributed by atoms with van der Waals surface area (Å²) in [6, 6.07) is 7.90. The molecule has 2 aromatic carbocycles. The van der Waals surface area contributed by atoms with Crippen molar-refractivity contribution in [2.75, 3.05) is 6.54 Å². The molecule has 2 nitrogen and oxygen atoms in total. The first-order chi connectivity index (χ1) is 9.00. The first-order valence-corrected chi connectivity index (χ1v) is 6.76. The molecule has 0 saturated carbocycles. The fraction of sp³-hybridized carbons (Fsp3) is 0.353. The molecule has 2 heteroatoms. The maximum atomic E-state index is 10.1. The van der Waals surface area contributed by atoms with Gasteiger partial charge in [-0.1, -0.05) is 26.0 Å². The Balaban J connectivity index is 2.49. The lowest BCUT2D eigenvalue weighted by Gasteiger charge is -2.28. The molecule has 1 aliphatic rings. The summed E-state index contributed by atoms with van der Waals surface area (Å²) in [5.41, 5.74) is 3.83. The highest BCUT2D eigenvalue weighted by Gasteiger charge is 2.26. The molecule has 1 aliphatic heterocycles. The number of benzene rings is 2. The van der Waals surface area contributed by atoms with Crippen molar-refractivity contribution in [1.29, 1.82) is 0 Å². The summed E-state index contributed by atoms with van der Waals surface area (Å²) in [5.74, 6) is 0.369. The van der Waals surface area contributed by atoms with E-state index < -0.39 is 0 Å². The quantitative estimate of drug-likeness (QED) is 0.762. The Kier molecular flexibility index (Phi) is 2.63. The van der Waals surface area contributed by atoms with Crippen molar-refractivity contribution in [1.82, 2.24) is 0 Å². The van der Waals surface area contributed by atoms with Gasteiger partial charge in [-0.3, -0.25) is 4.99 Å². The third-order valence-corrected chi connectivity index (χ3v) is 4.10. The SMILES string of the molecule is Cc1c2cc3c(O)cccc3c1C(C)(C)/C=N/CC2. The molecule has 0 aromatic heterocycles. The van der Waals surface area contributed by atoms with Gasteiger partial charge in [0.2, 0.25) is 0 Å². The van der Waals surface area contributed by atoms with Crippen molar-refractivity contribution in [3.63, 3.8) is 0 Å². The molecule has 0 spiro atoms. The Morgan fingerprint density at radius 3 is 2.79 bits per heavy atom. The summed E-state index contributed by atoms with van der Waals surface area (Å²) in [5, 5.41) is 12.2. The predicted octanol–water partition coefficient (Wildman–Crippen LogP) is 3.76. The Hall–Kier alpha value is -1.83. The van der Waals surface area contributed by atoms with E-state index in [9.17, 15) is 5.11 Å². The molecular formula is C17H19NO. The highest BCUT2D eigenvalue weighted by molar-refractivity contribution is 5.96. The second kappa shape index (κ2) is 4.09. The Bertz CT molecular complexity index is 683. The number of rotatable bonds is 0. The predicted molar refractivity (Wildman–Crippen MR) is 80.4 cm³/mol. The van der Waals surface area contributed by atoms with Crippen LogP contribution in [0, 0.1) is 6.92 Å². The van der Waals surface area contributed by atoms with Gasteiger partial charge in [-0.05, 0) is 47.6 Å². The van der Waals surface area contributed by atoms with E-state index in [0.717, 1.165) is 23.7 Å². The van der Waals surface area contributed by atoms with Gasteiger partial charge in [0, 0.05) is 23.6 Å². The zero-order valence-electron chi connectivity index (χ0n) is 11.7. The second-order valence-corrected chi connectivity index (χ2v) is 5.91. The highest BCUT2D eigenvalue weighted by Crippen LogP contribution is 2.38. The minimum Gasteiger partial charge on any atom is -0.507 e. The number of phenolic OH excluding ortho intramolecular Hbond substituents is 1. The molecule has 0 fully saturated rings. The standard InChI is InChI=1S/C17H19NO/c1-11-12-7-8-18-10-17(2,3)16(11)13-5-4-6-15(19)14(13)9-12/h4-6,9-10,19H,7-8H2,1-3H3/b18-10+. The summed E-state index contributed by atoms with van der Waals surface area (Å²) in [4.78, 5) is 4.53. The monoisotopic (exact) mass is 253 g/mol. The molecule has 2 bridgehead atoms. The van der Waals surface area contributed by atoms with Crippen molar-refractivity contribution in [3.05, 3.63) is 41.0 Å². The van der Waals surface area contributed by atoms with E-state index in [1.54, 1.807) is 6.07 Å². The molecule has 0 saturated heterocycles. The van der Waals surface area contributed by atoms with Crippen molar-refractivity contribution in [2.24, 2.45) is 4.99 Å². The van der Waals surface area contributed by atoms with Crippen LogP contribution in [0.5, 0.6) is 5.75 Å².